The van der Waals surface area contributed by atoms with Crippen molar-refractivity contribution in [3.63, 3.8) is 0 Å². The monoisotopic (exact) mass is 477 g/mol. The van der Waals surface area contributed by atoms with Crippen LogP contribution in [0.1, 0.15) is 24.0 Å². The molecule has 1 aliphatic rings. The first kappa shape index (κ1) is 24.2. The molecule has 0 radical (unpaired) electrons. The van der Waals surface area contributed by atoms with Crippen LogP contribution in [-0.4, -0.2) is 54.0 Å². The summed E-state index contributed by atoms with van der Waals surface area (Å²) in [6, 6.07) is 9.31. The van der Waals surface area contributed by atoms with Crippen LogP contribution in [0.5, 0.6) is 5.75 Å². The van der Waals surface area contributed by atoms with Crippen molar-refractivity contribution < 1.29 is 37.9 Å². The van der Waals surface area contributed by atoms with Gasteiger partial charge in [0.05, 0.1) is 18.4 Å². The van der Waals surface area contributed by atoms with Gasteiger partial charge in [0.15, 0.2) is 0 Å². The molecule has 1 unspecified atom stereocenters. The molecule has 2 aromatic rings. The van der Waals surface area contributed by atoms with E-state index in [1.807, 2.05) is 0 Å². The molecule has 2 amide bonds. The largest absolute Gasteiger partial charge is 0.497 e. The Morgan fingerprint density at radius 1 is 1.09 bits per heavy atom. The van der Waals surface area contributed by atoms with Crippen molar-refractivity contribution in [3.05, 3.63) is 53.6 Å². The number of hydrogen-bond acceptors (Lipinski definition) is 7. The number of fused-ring (bicyclic) bond motifs is 1. The number of aliphatic carboxylic acids is 1. The predicted octanol–water partition coefficient (Wildman–Crippen LogP) is 1.12. The molecular formula is C21H23N3O8S. The highest BCUT2D eigenvalue weighted by molar-refractivity contribution is 7.89. The normalized spacial score (nSPS) is 15.9. The first-order chi connectivity index (χ1) is 15.6. The number of carboxylic acids is 1. The number of carbonyl (C=O) groups is 3. The fourth-order valence-corrected chi connectivity index (χ4v) is 5.08. The lowest BCUT2D eigenvalue weighted by Gasteiger charge is -2.34. The van der Waals surface area contributed by atoms with E-state index in [1.54, 1.807) is 18.2 Å². The van der Waals surface area contributed by atoms with Crippen LogP contribution < -0.4 is 15.5 Å². The number of sulfonamides is 1. The molecule has 1 atom stereocenters. The maximum Gasteiger partial charge on any atom is 0.303 e. The van der Waals surface area contributed by atoms with Crippen molar-refractivity contribution >= 4 is 33.5 Å². The van der Waals surface area contributed by atoms with E-state index in [2.05, 4.69) is 5.32 Å². The highest BCUT2D eigenvalue weighted by Crippen LogP contribution is 2.31. The number of anilines is 1. The van der Waals surface area contributed by atoms with Gasteiger partial charge in [0.1, 0.15) is 11.8 Å². The molecular weight excluding hydrogens is 454 g/mol. The van der Waals surface area contributed by atoms with E-state index >= 15 is 0 Å². The summed E-state index contributed by atoms with van der Waals surface area (Å²) in [4.78, 5) is 34.9. The molecule has 0 saturated carbocycles. The summed E-state index contributed by atoms with van der Waals surface area (Å²) in [5.41, 5.74) is 3.13. The lowest BCUT2D eigenvalue weighted by Crippen LogP contribution is -2.51. The molecule has 0 spiro atoms. The van der Waals surface area contributed by atoms with E-state index in [0.717, 1.165) is 4.31 Å². The zero-order valence-corrected chi connectivity index (χ0v) is 18.5. The van der Waals surface area contributed by atoms with Gasteiger partial charge >= 0.3 is 5.97 Å². The van der Waals surface area contributed by atoms with Crippen LogP contribution in [0.2, 0.25) is 0 Å². The molecule has 2 aromatic carbocycles. The molecule has 4 N–H and O–H groups in total. The molecule has 3 rings (SSSR count). The summed E-state index contributed by atoms with van der Waals surface area (Å²) < 4.78 is 32.7. The quantitative estimate of drug-likeness (QED) is 0.325. The molecule has 0 aromatic heterocycles. The Morgan fingerprint density at radius 2 is 1.79 bits per heavy atom. The third-order valence-corrected chi connectivity index (χ3v) is 7.09. The standard InChI is InChI=1S/C21H23N3O8S/c1-32-16-4-6-17(7-5-16)33(30,31)24-12-14-10-15(22-19(25)8-9-20(26)27)3-2-13(14)11-18(24)21(28)23-29/h2-7,10,18,29H,8-9,11-12H2,1H3,(H,22,25)(H,23,28)(H,26,27). The number of amides is 2. The zero-order chi connectivity index (χ0) is 24.2. The lowest BCUT2D eigenvalue weighted by molar-refractivity contribution is -0.138. The molecule has 1 heterocycles. The Labute approximate surface area is 190 Å². The van der Waals surface area contributed by atoms with Crippen LogP contribution >= 0.6 is 0 Å². The number of rotatable bonds is 8. The van der Waals surface area contributed by atoms with Crippen molar-refractivity contribution in [2.45, 2.75) is 36.7 Å². The van der Waals surface area contributed by atoms with Crippen LogP contribution in [0.25, 0.3) is 0 Å². The van der Waals surface area contributed by atoms with Crippen molar-refractivity contribution in [2.24, 2.45) is 0 Å². The number of carboxylic acid groups (broad SMARTS) is 1. The van der Waals surface area contributed by atoms with Gasteiger partial charge in [0.25, 0.3) is 5.91 Å². The summed E-state index contributed by atoms with van der Waals surface area (Å²) in [6.45, 7) is -0.180. The smallest absolute Gasteiger partial charge is 0.303 e. The molecule has 176 valence electrons. The van der Waals surface area contributed by atoms with E-state index < -0.39 is 33.8 Å². The van der Waals surface area contributed by atoms with Crippen molar-refractivity contribution in [2.75, 3.05) is 12.4 Å². The average molecular weight is 477 g/mol. The topological polar surface area (TPSA) is 162 Å². The predicted molar refractivity (Wildman–Crippen MR) is 115 cm³/mol. The summed E-state index contributed by atoms with van der Waals surface area (Å²) in [5.74, 6) is -1.99. The van der Waals surface area contributed by atoms with Gasteiger partial charge in [0, 0.05) is 18.7 Å². The van der Waals surface area contributed by atoms with Gasteiger partial charge in [-0.3, -0.25) is 19.6 Å². The van der Waals surface area contributed by atoms with E-state index in [9.17, 15) is 22.8 Å². The van der Waals surface area contributed by atoms with E-state index in [4.69, 9.17) is 15.1 Å². The Bertz CT molecular complexity index is 1160. The molecule has 0 saturated heterocycles. The SMILES string of the molecule is COc1ccc(S(=O)(=O)N2Cc3cc(NC(=O)CCC(=O)O)ccc3CC2C(=O)NO)cc1. The number of carbonyl (C=O) groups excluding carboxylic acids is 2. The number of ether oxygens (including phenoxy) is 1. The Kier molecular flexibility index (Phi) is 7.31. The van der Waals surface area contributed by atoms with E-state index in [1.165, 1.54) is 36.9 Å². The third kappa shape index (κ3) is 5.48. The Hall–Kier alpha value is -3.48. The van der Waals surface area contributed by atoms with Gasteiger partial charge in [-0.05, 0) is 53.9 Å². The number of nitrogens with one attached hydrogen (secondary N) is 2. The van der Waals surface area contributed by atoms with Crippen molar-refractivity contribution in [3.8, 4) is 5.75 Å². The fourth-order valence-electron chi connectivity index (χ4n) is 3.52. The Morgan fingerprint density at radius 3 is 2.39 bits per heavy atom. The zero-order valence-electron chi connectivity index (χ0n) is 17.6. The number of nitrogens with zero attached hydrogens (tertiary/aromatic N) is 1. The van der Waals surface area contributed by atoms with Crippen molar-refractivity contribution in [1.82, 2.24) is 9.79 Å². The minimum atomic E-state index is -4.13. The first-order valence-electron chi connectivity index (χ1n) is 9.89. The third-order valence-electron chi connectivity index (χ3n) is 5.22. The molecule has 1 aliphatic heterocycles. The van der Waals surface area contributed by atoms with Crippen molar-refractivity contribution in [1.29, 1.82) is 0 Å². The number of methoxy groups -OCH3 is 1. The number of hydrogen-bond donors (Lipinski definition) is 4. The minimum absolute atomic E-state index is 0.00432. The maximum atomic E-state index is 13.3. The van der Waals surface area contributed by atoms with Gasteiger partial charge in [-0.25, -0.2) is 13.9 Å². The minimum Gasteiger partial charge on any atom is -0.497 e. The van der Waals surface area contributed by atoms with Crippen LogP contribution in [0.15, 0.2) is 47.4 Å². The van der Waals surface area contributed by atoms with E-state index in [0.29, 0.717) is 22.6 Å². The van der Waals surface area contributed by atoms with Gasteiger partial charge in [0.2, 0.25) is 15.9 Å². The molecule has 0 bridgehead atoms. The molecule has 0 fully saturated rings. The summed E-state index contributed by atoms with van der Waals surface area (Å²) >= 11 is 0. The second kappa shape index (κ2) is 9.98. The highest BCUT2D eigenvalue weighted by Gasteiger charge is 2.39. The maximum absolute atomic E-state index is 13.3. The molecule has 0 aliphatic carbocycles. The van der Waals surface area contributed by atoms with Gasteiger partial charge in [-0.15, -0.1) is 0 Å². The second-order valence-electron chi connectivity index (χ2n) is 7.35. The summed E-state index contributed by atoms with van der Waals surface area (Å²) in [6.07, 6.45) is -0.518. The van der Waals surface area contributed by atoms with Gasteiger partial charge < -0.3 is 15.2 Å². The number of benzene rings is 2. The number of hydroxylamine groups is 1. The van der Waals surface area contributed by atoms with Crippen LogP contribution in [0.4, 0.5) is 5.69 Å². The fraction of sp³-hybridized carbons (Fsp3) is 0.286. The van der Waals surface area contributed by atoms with Gasteiger partial charge in [-0.2, -0.15) is 4.31 Å². The molecule has 12 heteroatoms. The summed E-state index contributed by atoms with van der Waals surface area (Å²) in [7, 11) is -2.69. The Balaban J connectivity index is 1.91. The molecule has 11 nitrogen and oxygen atoms in total. The molecule has 33 heavy (non-hydrogen) atoms. The average Bonchev–Trinajstić information content (AvgIpc) is 2.81. The van der Waals surface area contributed by atoms with Gasteiger partial charge in [-0.1, -0.05) is 6.07 Å². The lowest BCUT2D eigenvalue weighted by atomic mass is 9.95. The highest BCUT2D eigenvalue weighted by atomic mass is 32.2. The summed E-state index contributed by atoms with van der Waals surface area (Å²) in [5, 5.41) is 20.5. The van der Waals surface area contributed by atoms with Crippen LogP contribution in [0, 0.1) is 0 Å². The second-order valence-corrected chi connectivity index (χ2v) is 9.24. The van der Waals surface area contributed by atoms with E-state index in [-0.39, 0.29) is 30.7 Å². The van der Waals surface area contributed by atoms with Crippen LogP contribution in [-0.2, 0) is 37.4 Å². The first-order valence-corrected chi connectivity index (χ1v) is 11.3. The van der Waals surface area contributed by atoms with Crippen LogP contribution in [0.3, 0.4) is 0 Å².